The van der Waals surface area contributed by atoms with E-state index >= 15 is 0 Å². The van der Waals surface area contributed by atoms with Crippen LogP contribution in [0, 0.1) is 6.92 Å². The van der Waals surface area contributed by atoms with Gasteiger partial charge in [-0.25, -0.2) is 8.42 Å². The Labute approximate surface area is 114 Å². The van der Waals surface area contributed by atoms with Crippen LogP contribution in [0.5, 0.6) is 0 Å². The molecule has 0 radical (unpaired) electrons. The molecule has 1 heterocycles. The molecule has 1 aliphatic rings. The summed E-state index contributed by atoms with van der Waals surface area (Å²) < 4.78 is 32.2. The summed E-state index contributed by atoms with van der Waals surface area (Å²) in [5, 5.41) is 0. The van der Waals surface area contributed by atoms with Crippen molar-refractivity contribution in [2.75, 3.05) is 25.5 Å². The van der Waals surface area contributed by atoms with Crippen LogP contribution in [-0.2, 0) is 14.8 Å². The number of rotatable bonds is 3. The average Bonchev–Trinajstić information content (AvgIpc) is 2.41. The number of hydrogen-bond acceptors (Lipinski definition) is 4. The fourth-order valence-electron chi connectivity index (χ4n) is 2.22. The Bertz CT molecular complexity index is 557. The second kappa shape index (κ2) is 5.48. The van der Waals surface area contributed by atoms with E-state index in [2.05, 4.69) is 0 Å². The summed E-state index contributed by atoms with van der Waals surface area (Å²) in [5.41, 5.74) is 7.12. The van der Waals surface area contributed by atoms with Crippen LogP contribution in [-0.4, -0.2) is 38.5 Å². The fourth-order valence-corrected chi connectivity index (χ4v) is 3.98. The Hall–Kier alpha value is -1.11. The second-order valence-electron chi connectivity index (χ2n) is 4.77. The van der Waals surface area contributed by atoms with Gasteiger partial charge in [0.25, 0.3) is 0 Å². The molecule has 2 rings (SSSR count). The van der Waals surface area contributed by atoms with Crippen LogP contribution in [0.4, 0.5) is 5.69 Å². The van der Waals surface area contributed by atoms with Gasteiger partial charge >= 0.3 is 0 Å². The molecule has 0 bridgehead atoms. The lowest BCUT2D eigenvalue weighted by Gasteiger charge is -2.34. The van der Waals surface area contributed by atoms with Crippen molar-refractivity contribution in [3.05, 3.63) is 23.8 Å². The molecular formula is C13H20N2O3S. The van der Waals surface area contributed by atoms with Crippen LogP contribution >= 0.6 is 0 Å². The average molecular weight is 284 g/mol. The van der Waals surface area contributed by atoms with E-state index in [9.17, 15) is 8.42 Å². The van der Waals surface area contributed by atoms with Crippen molar-refractivity contribution in [1.82, 2.24) is 4.31 Å². The van der Waals surface area contributed by atoms with Crippen LogP contribution in [0.2, 0.25) is 0 Å². The smallest absolute Gasteiger partial charge is 0.243 e. The number of benzene rings is 1. The van der Waals surface area contributed by atoms with Crippen molar-refractivity contribution >= 4 is 15.7 Å². The summed E-state index contributed by atoms with van der Waals surface area (Å²) in [6.45, 7) is 5.10. The highest BCUT2D eigenvalue weighted by atomic mass is 32.2. The SMILES string of the molecule is CCC1COCCN1S(=O)(=O)c1ccc(N)c(C)c1. The van der Waals surface area contributed by atoms with Gasteiger partial charge < -0.3 is 10.5 Å². The zero-order chi connectivity index (χ0) is 14.0. The van der Waals surface area contributed by atoms with Crippen molar-refractivity contribution in [1.29, 1.82) is 0 Å². The number of nitrogens with two attached hydrogens (primary N) is 1. The fraction of sp³-hybridized carbons (Fsp3) is 0.538. The van der Waals surface area contributed by atoms with Gasteiger partial charge in [-0.05, 0) is 37.1 Å². The largest absolute Gasteiger partial charge is 0.399 e. The molecule has 0 saturated carbocycles. The zero-order valence-electron chi connectivity index (χ0n) is 11.3. The lowest BCUT2D eigenvalue weighted by atomic mass is 10.2. The lowest BCUT2D eigenvalue weighted by molar-refractivity contribution is 0.0314. The summed E-state index contributed by atoms with van der Waals surface area (Å²) in [6, 6.07) is 4.76. The van der Waals surface area contributed by atoms with Crippen LogP contribution < -0.4 is 5.73 Å². The third-order valence-electron chi connectivity index (χ3n) is 3.49. The van der Waals surface area contributed by atoms with Gasteiger partial charge in [0.05, 0.1) is 18.1 Å². The van der Waals surface area contributed by atoms with Crippen LogP contribution in [0.15, 0.2) is 23.1 Å². The minimum absolute atomic E-state index is 0.0865. The number of morpholine rings is 1. The number of anilines is 1. The third-order valence-corrected chi connectivity index (χ3v) is 5.44. The number of ether oxygens (including phenoxy) is 1. The van der Waals surface area contributed by atoms with E-state index in [4.69, 9.17) is 10.5 Å². The number of hydrogen-bond donors (Lipinski definition) is 1. The van der Waals surface area contributed by atoms with E-state index in [0.717, 1.165) is 12.0 Å². The zero-order valence-corrected chi connectivity index (χ0v) is 12.1. The number of aryl methyl sites for hydroxylation is 1. The van der Waals surface area contributed by atoms with Gasteiger partial charge in [-0.1, -0.05) is 6.92 Å². The molecule has 1 aromatic rings. The highest BCUT2D eigenvalue weighted by molar-refractivity contribution is 7.89. The van der Waals surface area contributed by atoms with Gasteiger partial charge in [0.2, 0.25) is 10.0 Å². The molecular weight excluding hydrogens is 264 g/mol. The van der Waals surface area contributed by atoms with E-state index in [0.29, 0.717) is 30.3 Å². The topological polar surface area (TPSA) is 72.6 Å². The molecule has 0 amide bonds. The van der Waals surface area contributed by atoms with Crippen LogP contribution in [0.25, 0.3) is 0 Å². The minimum atomic E-state index is -3.46. The molecule has 106 valence electrons. The molecule has 5 nitrogen and oxygen atoms in total. The van der Waals surface area contributed by atoms with Crippen molar-refractivity contribution in [2.45, 2.75) is 31.2 Å². The Morgan fingerprint density at radius 2 is 2.21 bits per heavy atom. The Morgan fingerprint density at radius 3 is 2.84 bits per heavy atom. The molecule has 19 heavy (non-hydrogen) atoms. The molecule has 1 atom stereocenters. The maximum absolute atomic E-state index is 12.6. The van der Waals surface area contributed by atoms with Crippen molar-refractivity contribution < 1.29 is 13.2 Å². The van der Waals surface area contributed by atoms with Crippen molar-refractivity contribution in [3.63, 3.8) is 0 Å². The maximum atomic E-state index is 12.6. The van der Waals surface area contributed by atoms with E-state index in [1.807, 2.05) is 13.8 Å². The molecule has 1 saturated heterocycles. The van der Waals surface area contributed by atoms with Gasteiger partial charge in [-0.3, -0.25) is 0 Å². The molecule has 1 aliphatic heterocycles. The normalized spacial score (nSPS) is 21.5. The Balaban J connectivity index is 2.37. The quantitative estimate of drug-likeness (QED) is 0.851. The summed E-state index contributed by atoms with van der Waals surface area (Å²) >= 11 is 0. The molecule has 1 aromatic carbocycles. The van der Waals surface area contributed by atoms with Gasteiger partial charge in [0.1, 0.15) is 0 Å². The Kier molecular flexibility index (Phi) is 4.13. The molecule has 1 fully saturated rings. The first-order chi connectivity index (χ1) is 8.96. The first-order valence-corrected chi connectivity index (χ1v) is 7.86. The van der Waals surface area contributed by atoms with E-state index in [-0.39, 0.29) is 6.04 Å². The van der Waals surface area contributed by atoms with E-state index < -0.39 is 10.0 Å². The summed E-state index contributed by atoms with van der Waals surface area (Å²) in [7, 11) is -3.46. The van der Waals surface area contributed by atoms with E-state index in [1.54, 1.807) is 22.5 Å². The summed E-state index contributed by atoms with van der Waals surface area (Å²) in [6.07, 6.45) is 0.743. The van der Waals surface area contributed by atoms with E-state index in [1.165, 1.54) is 0 Å². The minimum Gasteiger partial charge on any atom is -0.399 e. The lowest BCUT2D eigenvalue weighted by Crippen LogP contribution is -2.48. The van der Waals surface area contributed by atoms with Crippen molar-refractivity contribution in [3.8, 4) is 0 Å². The molecule has 6 heteroatoms. The first-order valence-electron chi connectivity index (χ1n) is 6.42. The maximum Gasteiger partial charge on any atom is 0.243 e. The standard InChI is InChI=1S/C13H20N2O3S/c1-3-11-9-18-7-6-15(11)19(16,17)12-4-5-13(14)10(2)8-12/h4-5,8,11H,3,6-7,9,14H2,1-2H3. The second-order valence-corrected chi connectivity index (χ2v) is 6.66. The van der Waals surface area contributed by atoms with Crippen molar-refractivity contribution in [2.24, 2.45) is 0 Å². The predicted molar refractivity (Wildman–Crippen MR) is 74.4 cm³/mol. The van der Waals surface area contributed by atoms with Crippen LogP contribution in [0.1, 0.15) is 18.9 Å². The predicted octanol–water partition coefficient (Wildman–Crippen LogP) is 1.38. The first kappa shape index (κ1) is 14.3. The number of nitrogens with zero attached hydrogens (tertiary/aromatic N) is 1. The summed E-state index contributed by atoms with van der Waals surface area (Å²) in [5.74, 6) is 0. The number of nitrogen functional groups attached to an aromatic ring is 1. The summed E-state index contributed by atoms with van der Waals surface area (Å²) in [4.78, 5) is 0.305. The van der Waals surface area contributed by atoms with Gasteiger partial charge in [-0.2, -0.15) is 4.31 Å². The molecule has 0 aliphatic carbocycles. The highest BCUT2D eigenvalue weighted by Crippen LogP contribution is 2.24. The highest BCUT2D eigenvalue weighted by Gasteiger charge is 2.33. The molecule has 1 unspecified atom stereocenters. The van der Waals surface area contributed by atoms with Crippen LogP contribution in [0.3, 0.4) is 0 Å². The monoisotopic (exact) mass is 284 g/mol. The van der Waals surface area contributed by atoms with Gasteiger partial charge in [0, 0.05) is 18.3 Å². The molecule has 0 aromatic heterocycles. The van der Waals surface area contributed by atoms with Gasteiger partial charge in [-0.15, -0.1) is 0 Å². The Morgan fingerprint density at radius 1 is 1.47 bits per heavy atom. The number of sulfonamides is 1. The van der Waals surface area contributed by atoms with Gasteiger partial charge in [0.15, 0.2) is 0 Å². The molecule has 2 N–H and O–H groups in total. The third kappa shape index (κ3) is 2.75. The molecule has 0 spiro atoms.